The molecule has 0 N–H and O–H groups in total. The number of rotatable bonds is 7. The van der Waals surface area contributed by atoms with Crippen LogP contribution in [-0.2, 0) is 11.3 Å². The average molecular weight is 326 g/mol. The maximum atomic E-state index is 11.7. The van der Waals surface area contributed by atoms with E-state index in [1.165, 1.54) is 12.7 Å². The molecule has 0 bridgehead atoms. The molecule has 4 nitrogen and oxygen atoms in total. The second-order valence-corrected chi connectivity index (χ2v) is 6.17. The molecule has 1 aromatic rings. The number of hydrogen-bond acceptors (Lipinski definition) is 4. The molecule has 2 heterocycles. The standard InChI is InChI=1S/C20H26N2O2/c1-5-8-17-12-15(3)13-18(9-6-2)22(17)14-16-10-7-11-19(21-16)20(23)24-4/h5-7,10-12,17-18H,1-2,8-9,13-14H2,3-4H3/t17-,18-/m0/s1. The molecule has 128 valence electrons. The Kier molecular flexibility index (Phi) is 6.50. The molecule has 4 heteroatoms. The van der Waals surface area contributed by atoms with Crippen molar-refractivity contribution >= 4 is 5.97 Å². The lowest BCUT2D eigenvalue weighted by Gasteiger charge is -2.40. The molecule has 0 aliphatic carbocycles. The number of hydrogen-bond donors (Lipinski definition) is 0. The minimum absolute atomic E-state index is 0.296. The quantitative estimate of drug-likeness (QED) is 0.563. The summed E-state index contributed by atoms with van der Waals surface area (Å²) in [5, 5.41) is 0. The van der Waals surface area contributed by atoms with Crippen LogP contribution < -0.4 is 0 Å². The van der Waals surface area contributed by atoms with Gasteiger partial charge in [-0.1, -0.05) is 29.9 Å². The van der Waals surface area contributed by atoms with Gasteiger partial charge >= 0.3 is 5.97 Å². The molecule has 2 atom stereocenters. The maximum absolute atomic E-state index is 11.7. The Morgan fingerprint density at radius 3 is 2.79 bits per heavy atom. The van der Waals surface area contributed by atoms with Crippen molar-refractivity contribution in [2.24, 2.45) is 0 Å². The monoisotopic (exact) mass is 326 g/mol. The van der Waals surface area contributed by atoms with E-state index in [9.17, 15) is 4.79 Å². The number of carbonyl (C=O) groups excluding carboxylic acids is 1. The molecule has 1 aliphatic heterocycles. The molecule has 2 rings (SSSR count). The largest absolute Gasteiger partial charge is 0.464 e. The van der Waals surface area contributed by atoms with Crippen molar-refractivity contribution in [3.8, 4) is 0 Å². The van der Waals surface area contributed by atoms with Crippen molar-refractivity contribution in [3.05, 3.63) is 66.5 Å². The van der Waals surface area contributed by atoms with Crippen molar-refractivity contribution in [3.63, 3.8) is 0 Å². The Balaban J connectivity index is 2.27. The number of ether oxygens (including phenoxy) is 1. The topological polar surface area (TPSA) is 42.4 Å². The Labute approximate surface area is 144 Å². The van der Waals surface area contributed by atoms with Gasteiger partial charge in [-0.25, -0.2) is 9.78 Å². The van der Waals surface area contributed by atoms with Crippen molar-refractivity contribution in [2.45, 2.75) is 44.8 Å². The number of aromatic nitrogens is 1. The highest BCUT2D eigenvalue weighted by molar-refractivity contribution is 5.87. The summed E-state index contributed by atoms with van der Waals surface area (Å²) in [4.78, 5) is 18.6. The fraction of sp³-hybridized carbons (Fsp3) is 0.400. The first-order valence-corrected chi connectivity index (χ1v) is 8.28. The van der Waals surface area contributed by atoms with Crippen molar-refractivity contribution in [1.82, 2.24) is 9.88 Å². The lowest BCUT2D eigenvalue weighted by molar-refractivity contribution is 0.0593. The van der Waals surface area contributed by atoms with Gasteiger partial charge in [-0.05, 0) is 38.3 Å². The van der Waals surface area contributed by atoms with E-state index in [1.54, 1.807) is 6.07 Å². The van der Waals surface area contributed by atoms with Gasteiger partial charge in [0.05, 0.1) is 12.8 Å². The van der Waals surface area contributed by atoms with Crippen LogP contribution in [0.4, 0.5) is 0 Å². The summed E-state index contributed by atoms with van der Waals surface area (Å²) in [5.41, 5.74) is 2.62. The third-order valence-electron chi connectivity index (χ3n) is 4.32. The summed E-state index contributed by atoms with van der Waals surface area (Å²) in [7, 11) is 1.37. The highest BCUT2D eigenvalue weighted by Gasteiger charge is 2.28. The predicted molar refractivity (Wildman–Crippen MR) is 96.7 cm³/mol. The summed E-state index contributed by atoms with van der Waals surface area (Å²) >= 11 is 0. The third kappa shape index (κ3) is 4.42. The first-order chi connectivity index (χ1) is 11.6. The van der Waals surface area contributed by atoms with Crippen LogP contribution in [0.25, 0.3) is 0 Å². The number of methoxy groups -OCH3 is 1. The number of carbonyl (C=O) groups is 1. The predicted octanol–water partition coefficient (Wildman–Crippen LogP) is 3.91. The van der Waals surface area contributed by atoms with E-state index in [0.717, 1.165) is 25.0 Å². The minimum atomic E-state index is -0.406. The Bertz CT molecular complexity index is 636. The van der Waals surface area contributed by atoms with E-state index in [1.807, 2.05) is 24.3 Å². The highest BCUT2D eigenvalue weighted by atomic mass is 16.5. The van der Waals surface area contributed by atoms with Gasteiger partial charge in [0, 0.05) is 18.6 Å². The van der Waals surface area contributed by atoms with Crippen LogP contribution in [0.5, 0.6) is 0 Å². The first-order valence-electron chi connectivity index (χ1n) is 8.28. The van der Waals surface area contributed by atoms with Gasteiger partial charge in [-0.15, -0.1) is 13.2 Å². The van der Waals surface area contributed by atoms with Gasteiger partial charge < -0.3 is 4.74 Å². The molecular weight excluding hydrogens is 300 g/mol. The molecule has 0 spiro atoms. The van der Waals surface area contributed by atoms with Crippen LogP contribution in [-0.4, -0.2) is 35.0 Å². The summed E-state index contributed by atoms with van der Waals surface area (Å²) in [6.45, 7) is 10.7. The first kappa shape index (κ1) is 18.1. The summed E-state index contributed by atoms with van der Waals surface area (Å²) < 4.78 is 4.76. The van der Waals surface area contributed by atoms with Gasteiger partial charge in [-0.3, -0.25) is 4.90 Å². The summed E-state index contributed by atoms with van der Waals surface area (Å²) in [6.07, 6.45) is 9.08. The van der Waals surface area contributed by atoms with Gasteiger partial charge in [-0.2, -0.15) is 0 Å². The lowest BCUT2D eigenvalue weighted by atomic mass is 9.92. The molecule has 1 aliphatic rings. The van der Waals surface area contributed by atoms with Crippen LogP contribution in [0.2, 0.25) is 0 Å². The zero-order chi connectivity index (χ0) is 17.5. The molecule has 0 aromatic carbocycles. The van der Waals surface area contributed by atoms with Crippen molar-refractivity contribution < 1.29 is 9.53 Å². The van der Waals surface area contributed by atoms with Gasteiger partial charge in [0.2, 0.25) is 0 Å². The van der Waals surface area contributed by atoms with Crippen LogP contribution in [0, 0.1) is 0 Å². The van der Waals surface area contributed by atoms with E-state index >= 15 is 0 Å². The molecule has 0 saturated heterocycles. The van der Waals surface area contributed by atoms with Crippen LogP contribution in [0.15, 0.2) is 55.2 Å². The zero-order valence-electron chi connectivity index (χ0n) is 14.6. The van der Waals surface area contributed by atoms with Crippen LogP contribution >= 0.6 is 0 Å². The Morgan fingerprint density at radius 2 is 2.12 bits per heavy atom. The SMILES string of the molecule is C=CC[C@H]1CC(C)=C[C@H](CC=C)N1Cc1cccc(C(=O)OC)n1. The molecular formula is C20H26N2O2. The second kappa shape index (κ2) is 8.60. The average Bonchev–Trinajstić information content (AvgIpc) is 2.58. The van der Waals surface area contributed by atoms with Crippen LogP contribution in [0.3, 0.4) is 0 Å². The molecule has 0 radical (unpaired) electrons. The van der Waals surface area contributed by atoms with E-state index < -0.39 is 5.97 Å². The van der Waals surface area contributed by atoms with E-state index in [0.29, 0.717) is 24.3 Å². The van der Waals surface area contributed by atoms with Crippen molar-refractivity contribution in [1.29, 1.82) is 0 Å². The van der Waals surface area contributed by atoms with E-state index in [-0.39, 0.29) is 0 Å². The van der Waals surface area contributed by atoms with E-state index in [2.05, 4.69) is 36.0 Å². The number of nitrogens with zero attached hydrogens (tertiary/aromatic N) is 2. The van der Waals surface area contributed by atoms with Crippen LogP contribution in [0.1, 0.15) is 42.4 Å². The van der Waals surface area contributed by atoms with Gasteiger partial charge in [0.1, 0.15) is 5.69 Å². The number of pyridine rings is 1. The Hall–Kier alpha value is -2.20. The Morgan fingerprint density at radius 1 is 1.38 bits per heavy atom. The summed E-state index contributed by atoms with van der Waals surface area (Å²) in [6, 6.07) is 6.17. The highest BCUT2D eigenvalue weighted by Crippen LogP contribution is 2.28. The fourth-order valence-electron chi connectivity index (χ4n) is 3.26. The zero-order valence-corrected chi connectivity index (χ0v) is 14.6. The van der Waals surface area contributed by atoms with Gasteiger partial charge in [0.15, 0.2) is 0 Å². The third-order valence-corrected chi connectivity index (χ3v) is 4.32. The number of esters is 1. The van der Waals surface area contributed by atoms with E-state index in [4.69, 9.17) is 4.74 Å². The molecule has 24 heavy (non-hydrogen) atoms. The molecule has 0 saturated carbocycles. The molecule has 0 amide bonds. The lowest BCUT2D eigenvalue weighted by Crippen LogP contribution is -2.44. The fourth-order valence-corrected chi connectivity index (χ4v) is 3.26. The smallest absolute Gasteiger partial charge is 0.356 e. The molecule has 1 aromatic heterocycles. The molecule has 0 unspecified atom stereocenters. The van der Waals surface area contributed by atoms with Gasteiger partial charge in [0.25, 0.3) is 0 Å². The summed E-state index contributed by atoms with van der Waals surface area (Å²) in [5.74, 6) is -0.406. The second-order valence-electron chi connectivity index (χ2n) is 6.17. The normalized spacial score (nSPS) is 21.0. The molecule has 0 fully saturated rings. The van der Waals surface area contributed by atoms with Crippen molar-refractivity contribution in [2.75, 3.05) is 7.11 Å². The maximum Gasteiger partial charge on any atom is 0.356 e. The minimum Gasteiger partial charge on any atom is -0.464 e.